The Morgan fingerprint density at radius 2 is 2.27 bits per heavy atom. The maximum Gasteiger partial charge on any atom is 0.309 e. The molecule has 0 bridgehead atoms. The number of hydrogen-bond acceptors (Lipinski definition) is 5. The number of thiazole rings is 1. The van der Waals surface area contributed by atoms with E-state index in [0.717, 1.165) is 37.6 Å². The predicted octanol–water partition coefficient (Wildman–Crippen LogP) is 2.71. The summed E-state index contributed by atoms with van der Waals surface area (Å²) in [6, 6.07) is 4.20. The van der Waals surface area contributed by atoms with Gasteiger partial charge in [-0.1, -0.05) is 0 Å². The topological polar surface area (TPSA) is 47.4 Å². The molecule has 1 saturated heterocycles. The molecule has 0 amide bonds. The number of piperidine rings is 1. The van der Waals surface area contributed by atoms with E-state index in [1.165, 1.54) is 5.69 Å². The molecule has 0 aromatic carbocycles. The molecule has 1 aliphatic heterocycles. The van der Waals surface area contributed by atoms with Crippen LogP contribution in [0, 0.1) is 5.92 Å². The van der Waals surface area contributed by atoms with Crippen molar-refractivity contribution in [2.45, 2.75) is 26.3 Å². The third-order valence-electron chi connectivity index (χ3n) is 4.05. The Labute approximate surface area is 134 Å². The molecule has 1 aliphatic rings. The molecular formula is C16H21N3O2S. The van der Waals surface area contributed by atoms with Gasteiger partial charge >= 0.3 is 5.97 Å². The van der Waals surface area contributed by atoms with Gasteiger partial charge in [-0.2, -0.15) is 0 Å². The van der Waals surface area contributed by atoms with Crippen molar-refractivity contribution in [2.24, 2.45) is 5.92 Å². The number of esters is 1. The minimum absolute atomic E-state index is 0.0340. The minimum atomic E-state index is -0.0340. The molecule has 0 atom stereocenters. The third-order valence-corrected chi connectivity index (χ3v) is 4.82. The molecule has 3 rings (SSSR count). The second kappa shape index (κ2) is 7.07. The van der Waals surface area contributed by atoms with Crippen molar-refractivity contribution in [3.05, 3.63) is 35.6 Å². The number of rotatable bonds is 5. The molecule has 6 heteroatoms. The second-order valence-electron chi connectivity index (χ2n) is 5.49. The summed E-state index contributed by atoms with van der Waals surface area (Å²) in [5, 5.41) is 2.99. The average Bonchev–Trinajstić information content (AvgIpc) is 3.19. The van der Waals surface area contributed by atoms with Gasteiger partial charge in [0, 0.05) is 30.0 Å². The summed E-state index contributed by atoms with van der Waals surface area (Å²) in [4.78, 5) is 18.5. The number of hydrogen-bond donors (Lipinski definition) is 0. The van der Waals surface area contributed by atoms with Gasteiger partial charge < -0.3 is 4.74 Å². The highest BCUT2D eigenvalue weighted by molar-refractivity contribution is 7.12. The first-order valence-corrected chi connectivity index (χ1v) is 8.61. The zero-order chi connectivity index (χ0) is 15.4. The van der Waals surface area contributed by atoms with Gasteiger partial charge in [0.2, 0.25) is 0 Å². The van der Waals surface area contributed by atoms with Gasteiger partial charge in [0.05, 0.1) is 12.5 Å². The second-order valence-corrected chi connectivity index (χ2v) is 6.36. The van der Waals surface area contributed by atoms with Crippen LogP contribution in [0.3, 0.4) is 0 Å². The lowest BCUT2D eigenvalue weighted by Crippen LogP contribution is -2.36. The standard InChI is InChI=1S/C16H21N3O2S/c1-2-21-15(20)13-5-9-18(10-6-13)12-14-4-3-8-19(14)16-17-7-11-22-16/h3-4,7-8,11,13H,2,5-6,9-10,12H2,1H3. The highest BCUT2D eigenvalue weighted by Gasteiger charge is 2.26. The summed E-state index contributed by atoms with van der Waals surface area (Å²) < 4.78 is 7.26. The largest absolute Gasteiger partial charge is 0.466 e. The maximum atomic E-state index is 11.8. The number of nitrogens with zero attached hydrogens (tertiary/aromatic N) is 3. The minimum Gasteiger partial charge on any atom is -0.466 e. The van der Waals surface area contributed by atoms with E-state index >= 15 is 0 Å². The van der Waals surface area contributed by atoms with Gasteiger partial charge in [0.1, 0.15) is 0 Å². The molecule has 0 radical (unpaired) electrons. The molecule has 0 saturated carbocycles. The van der Waals surface area contributed by atoms with E-state index in [1.807, 2.05) is 18.5 Å². The highest BCUT2D eigenvalue weighted by Crippen LogP contribution is 2.22. The molecule has 22 heavy (non-hydrogen) atoms. The van der Waals surface area contributed by atoms with E-state index in [0.29, 0.717) is 6.61 Å². The lowest BCUT2D eigenvalue weighted by Gasteiger charge is -2.30. The fourth-order valence-corrected chi connectivity index (χ4v) is 3.54. The smallest absolute Gasteiger partial charge is 0.309 e. The predicted molar refractivity (Wildman–Crippen MR) is 86.1 cm³/mol. The van der Waals surface area contributed by atoms with Gasteiger partial charge in [-0.3, -0.25) is 14.3 Å². The number of carbonyl (C=O) groups excluding carboxylic acids is 1. The van der Waals surface area contributed by atoms with Crippen LogP contribution in [0.25, 0.3) is 5.13 Å². The molecule has 1 fully saturated rings. The summed E-state index contributed by atoms with van der Waals surface area (Å²) >= 11 is 1.64. The van der Waals surface area contributed by atoms with Crippen LogP contribution in [0.5, 0.6) is 0 Å². The van der Waals surface area contributed by atoms with Crippen molar-refractivity contribution >= 4 is 17.3 Å². The van der Waals surface area contributed by atoms with Crippen molar-refractivity contribution in [1.82, 2.24) is 14.5 Å². The van der Waals surface area contributed by atoms with E-state index in [9.17, 15) is 4.79 Å². The van der Waals surface area contributed by atoms with E-state index in [1.54, 1.807) is 11.3 Å². The molecule has 0 aliphatic carbocycles. The Kier molecular flexibility index (Phi) is 4.90. The van der Waals surface area contributed by atoms with Crippen LogP contribution in [0.1, 0.15) is 25.5 Å². The van der Waals surface area contributed by atoms with E-state index in [2.05, 4.69) is 32.8 Å². The number of aromatic nitrogens is 2. The monoisotopic (exact) mass is 319 g/mol. The molecule has 3 heterocycles. The van der Waals surface area contributed by atoms with E-state index < -0.39 is 0 Å². The average molecular weight is 319 g/mol. The van der Waals surface area contributed by atoms with Crippen LogP contribution in [0.4, 0.5) is 0 Å². The molecule has 118 valence electrons. The first kappa shape index (κ1) is 15.2. The van der Waals surface area contributed by atoms with Crippen LogP contribution >= 0.6 is 11.3 Å². The first-order valence-electron chi connectivity index (χ1n) is 7.73. The molecule has 2 aromatic rings. The molecule has 2 aromatic heterocycles. The normalized spacial score (nSPS) is 16.8. The van der Waals surface area contributed by atoms with Crippen LogP contribution in [0.15, 0.2) is 29.9 Å². The Hall–Kier alpha value is -1.66. The SMILES string of the molecule is CCOC(=O)C1CCN(Cc2cccn2-c2nccs2)CC1. The van der Waals surface area contributed by atoms with Gasteiger partial charge in [-0.05, 0) is 45.0 Å². The Bertz CT molecular complexity index is 601. The zero-order valence-corrected chi connectivity index (χ0v) is 13.6. The summed E-state index contributed by atoms with van der Waals surface area (Å²) in [6.45, 7) is 5.10. The fraction of sp³-hybridized carbons (Fsp3) is 0.500. The number of ether oxygens (including phenoxy) is 1. The first-order chi connectivity index (χ1) is 10.8. The van der Waals surface area contributed by atoms with Crippen molar-refractivity contribution < 1.29 is 9.53 Å². The van der Waals surface area contributed by atoms with Gasteiger partial charge in [-0.25, -0.2) is 4.98 Å². The van der Waals surface area contributed by atoms with Crippen molar-refractivity contribution in [3.63, 3.8) is 0 Å². The lowest BCUT2D eigenvalue weighted by molar-refractivity contribution is -0.149. The van der Waals surface area contributed by atoms with Crippen molar-refractivity contribution in [1.29, 1.82) is 0 Å². The van der Waals surface area contributed by atoms with Crippen molar-refractivity contribution in [3.8, 4) is 5.13 Å². The van der Waals surface area contributed by atoms with Gasteiger partial charge in [0.15, 0.2) is 5.13 Å². The summed E-state index contributed by atoms with van der Waals surface area (Å²) in [5.74, 6) is 0.0373. The van der Waals surface area contributed by atoms with Gasteiger partial charge in [0.25, 0.3) is 0 Å². The molecule has 0 spiro atoms. The highest BCUT2D eigenvalue weighted by atomic mass is 32.1. The van der Waals surface area contributed by atoms with Crippen LogP contribution < -0.4 is 0 Å². The zero-order valence-electron chi connectivity index (χ0n) is 12.8. The fourth-order valence-electron chi connectivity index (χ4n) is 2.88. The third kappa shape index (κ3) is 3.39. The molecule has 5 nitrogen and oxygen atoms in total. The Balaban J connectivity index is 1.58. The van der Waals surface area contributed by atoms with E-state index in [-0.39, 0.29) is 11.9 Å². The molecular weight excluding hydrogens is 298 g/mol. The lowest BCUT2D eigenvalue weighted by atomic mass is 9.97. The quantitative estimate of drug-likeness (QED) is 0.795. The molecule has 0 unspecified atom stereocenters. The molecule has 0 N–H and O–H groups in total. The number of likely N-dealkylation sites (tertiary alicyclic amines) is 1. The summed E-state index contributed by atoms with van der Waals surface area (Å²) in [7, 11) is 0. The van der Waals surface area contributed by atoms with Crippen LogP contribution in [0.2, 0.25) is 0 Å². The van der Waals surface area contributed by atoms with Gasteiger partial charge in [-0.15, -0.1) is 11.3 Å². The number of carbonyl (C=O) groups is 1. The van der Waals surface area contributed by atoms with Crippen LogP contribution in [-0.4, -0.2) is 40.1 Å². The maximum absolute atomic E-state index is 11.8. The van der Waals surface area contributed by atoms with Crippen LogP contribution in [-0.2, 0) is 16.1 Å². The van der Waals surface area contributed by atoms with E-state index in [4.69, 9.17) is 4.74 Å². The Morgan fingerprint density at radius 3 is 2.95 bits per heavy atom. The summed E-state index contributed by atoms with van der Waals surface area (Å²) in [6.07, 6.45) is 5.65. The van der Waals surface area contributed by atoms with Crippen molar-refractivity contribution in [2.75, 3.05) is 19.7 Å². The Morgan fingerprint density at radius 1 is 1.45 bits per heavy atom. The summed E-state index contributed by atoms with van der Waals surface area (Å²) in [5.41, 5.74) is 1.24.